The van der Waals surface area contributed by atoms with Gasteiger partial charge in [0.1, 0.15) is 5.52 Å². The van der Waals surface area contributed by atoms with Gasteiger partial charge in [0.25, 0.3) is 0 Å². The Balaban J connectivity index is 2.66. The van der Waals surface area contributed by atoms with Gasteiger partial charge in [-0.05, 0) is 18.2 Å². The van der Waals surface area contributed by atoms with Gasteiger partial charge in [0, 0.05) is 16.1 Å². The van der Waals surface area contributed by atoms with Crippen LogP contribution in [0.1, 0.15) is 10.4 Å². The Bertz CT molecular complexity index is 571. The normalized spacial score (nSPS) is 10.4. The van der Waals surface area contributed by atoms with Gasteiger partial charge >= 0.3 is 5.97 Å². The van der Waals surface area contributed by atoms with Crippen molar-refractivity contribution in [2.24, 2.45) is 0 Å². The van der Waals surface area contributed by atoms with Crippen molar-refractivity contribution in [2.45, 2.75) is 0 Å². The number of methoxy groups -OCH3 is 1. The van der Waals surface area contributed by atoms with Gasteiger partial charge in [-0.1, -0.05) is 15.9 Å². The summed E-state index contributed by atoms with van der Waals surface area (Å²) in [5.41, 5.74) is 0.531. The van der Waals surface area contributed by atoms with Gasteiger partial charge in [-0.15, -0.1) is 0 Å². The summed E-state index contributed by atoms with van der Waals surface area (Å²) in [4.78, 5) is 15.2. The molecular formula is C11H7BrFNO2. The first-order valence-corrected chi connectivity index (χ1v) is 5.24. The average molecular weight is 284 g/mol. The minimum Gasteiger partial charge on any atom is -0.465 e. The number of esters is 1. The number of hydrogen-bond acceptors (Lipinski definition) is 3. The van der Waals surface area contributed by atoms with Gasteiger partial charge in [0.05, 0.1) is 12.7 Å². The van der Waals surface area contributed by atoms with Gasteiger partial charge in [0.2, 0.25) is 0 Å². The van der Waals surface area contributed by atoms with Crippen LogP contribution >= 0.6 is 15.9 Å². The summed E-state index contributed by atoms with van der Waals surface area (Å²) in [6.07, 6.45) is 1.30. The number of fused-ring (bicyclic) bond motifs is 1. The molecular weight excluding hydrogens is 277 g/mol. The van der Waals surface area contributed by atoms with E-state index in [-0.39, 0.29) is 5.52 Å². The first-order valence-electron chi connectivity index (χ1n) is 4.45. The Morgan fingerprint density at radius 3 is 2.88 bits per heavy atom. The summed E-state index contributed by atoms with van der Waals surface area (Å²) in [7, 11) is 1.29. The highest BCUT2D eigenvalue weighted by Gasteiger charge is 2.09. The smallest absolute Gasteiger partial charge is 0.339 e. The molecule has 0 spiro atoms. The van der Waals surface area contributed by atoms with Crippen molar-refractivity contribution >= 4 is 32.8 Å². The van der Waals surface area contributed by atoms with Crippen molar-refractivity contribution < 1.29 is 13.9 Å². The third-order valence-electron chi connectivity index (χ3n) is 2.12. The van der Waals surface area contributed by atoms with Crippen molar-refractivity contribution in [1.82, 2.24) is 4.98 Å². The molecule has 0 aliphatic carbocycles. The second-order valence-corrected chi connectivity index (χ2v) is 4.09. The Labute approximate surface area is 99.4 Å². The number of pyridine rings is 1. The molecule has 2 rings (SSSR count). The lowest BCUT2D eigenvalue weighted by molar-refractivity contribution is 0.0600. The summed E-state index contributed by atoms with van der Waals surface area (Å²) < 4.78 is 18.6. The molecule has 2 aromatic rings. The molecule has 82 valence electrons. The zero-order valence-electron chi connectivity index (χ0n) is 8.33. The number of carbonyl (C=O) groups excluding carboxylic acids is 1. The Hall–Kier alpha value is -1.49. The van der Waals surface area contributed by atoms with Crippen molar-refractivity contribution in [3.05, 3.63) is 40.2 Å². The first kappa shape index (κ1) is 11.0. The van der Waals surface area contributed by atoms with Crippen molar-refractivity contribution in [2.75, 3.05) is 7.11 Å². The van der Waals surface area contributed by atoms with Crippen LogP contribution in [-0.2, 0) is 4.74 Å². The highest BCUT2D eigenvalue weighted by Crippen LogP contribution is 2.22. The van der Waals surface area contributed by atoms with E-state index in [4.69, 9.17) is 0 Å². The lowest BCUT2D eigenvalue weighted by Crippen LogP contribution is -2.02. The monoisotopic (exact) mass is 283 g/mol. The molecule has 1 heterocycles. The first-order chi connectivity index (χ1) is 7.61. The molecule has 0 amide bonds. The third kappa shape index (κ3) is 1.90. The van der Waals surface area contributed by atoms with E-state index >= 15 is 0 Å². The van der Waals surface area contributed by atoms with Crippen LogP contribution < -0.4 is 0 Å². The second-order valence-electron chi connectivity index (χ2n) is 3.17. The topological polar surface area (TPSA) is 39.2 Å². The van der Waals surface area contributed by atoms with E-state index in [1.165, 1.54) is 19.4 Å². The molecule has 0 aliphatic rings. The highest BCUT2D eigenvalue weighted by molar-refractivity contribution is 9.10. The summed E-state index contributed by atoms with van der Waals surface area (Å²) >= 11 is 3.18. The minimum atomic E-state index is -0.491. The van der Waals surface area contributed by atoms with E-state index in [2.05, 4.69) is 25.7 Å². The Morgan fingerprint density at radius 2 is 2.19 bits per heavy atom. The molecule has 1 aromatic carbocycles. The fourth-order valence-corrected chi connectivity index (χ4v) is 1.85. The maximum atomic E-state index is 13.5. The van der Waals surface area contributed by atoms with Crippen LogP contribution in [-0.4, -0.2) is 18.1 Å². The number of rotatable bonds is 1. The van der Waals surface area contributed by atoms with Crippen LogP contribution in [0.4, 0.5) is 4.39 Å². The molecule has 16 heavy (non-hydrogen) atoms. The van der Waals surface area contributed by atoms with Crippen molar-refractivity contribution in [3.63, 3.8) is 0 Å². The van der Waals surface area contributed by atoms with Crippen LogP contribution in [0, 0.1) is 5.82 Å². The van der Waals surface area contributed by atoms with E-state index in [1.807, 2.05) is 0 Å². The van der Waals surface area contributed by atoms with Crippen LogP contribution in [0.15, 0.2) is 28.9 Å². The number of halogens is 2. The number of ether oxygens (including phenoxy) is 1. The standard InChI is InChI=1S/C11H7BrFNO2/c1-16-11(15)7-2-6-3-8(12)4-9(13)10(6)14-5-7/h2-5H,1H3. The number of nitrogens with zero attached hydrogens (tertiary/aromatic N) is 1. The fraction of sp³-hybridized carbons (Fsp3) is 0.0909. The van der Waals surface area contributed by atoms with Crippen molar-refractivity contribution in [3.8, 4) is 0 Å². The van der Waals surface area contributed by atoms with E-state index < -0.39 is 11.8 Å². The van der Waals surface area contributed by atoms with Gasteiger partial charge < -0.3 is 4.74 Å². The van der Waals surface area contributed by atoms with E-state index in [0.29, 0.717) is 15.4 Å². The molecule has 0 unspecified atom stereocenters. The molecule has 0 saturated carbocycles. The Morgan fingerprint density at radius 1 is 1.44 bits per heavy atom. The summed E-state index contributed by atoms with van der Waals surface area (Å²) in [5.74, 6) is -0.921. The van der Waals surface area contributed by atoms with E-state index in [0.717, 1.165) is 0 Å². The molecule has 0 saturated heterocycles. The molecule has 0 aliphatic heterocycles. The molecule has 0 fully saturated rings. The van der Waals surface area contributed by atoms with Gasteiger partial charge in [-0.25, -0.2) is 9.18 Å². The zero-order chi connectivity index (χ0) is 11.7. The van der Waals surface area contributed by atoms with Crippen LogP contribution in [0.5, 0.6) is 0 Å². The number of benzene rings is 1. The predicted molar refractivity (Wildman–Crippen MR) is 60.7 cm³/mol. The third-order valence-corrected chi connectivity index (χ3v) is 2.58. The fourth-order valence-electron chi connectivity index (χ4n) is 1.40. The van der Waals surface area contributed by atoms with E-state index in [9.17, 15) is 9.18 Å². The van der Waals surface area contributed by atoms with Crippen molar-refractivity contribution in [1.29, 1.82) is 0 Å². The maximum Gasteiger partial charge on any atom is 0.339 e. The molecule has 1 aromatic heterocycles. The number of aromatic nitrogens is 1. The molecule has 3 nitrogen and oxygen atoms in total. The lowest BCUT2D eigenvalue weighted by atomic mass is 10.1. The van der Waals surface area contributed by atoms with Crippen LogP contribution in [0.2, 0.25) is 0 Å². The van der Waals surface area contributed by atoms with Gasteiger partial charge in [-0.2, -0.15) is 0 Å². The van der Waals surface area contributed by atoms with E-state index in [1.54, 1.807) is 12.1 Å². The lowest BCUT2D eigenvalue weighted by Gasteiger charge is -2.03. The van der Waals surface area contributed by atoms with Gasteiger partial charge in [-0.3, -0.25) is 4.98 Å². The molecule has 0 N–H and O–H groups in total. The molecule has 0 atom stereocenters. The maximum absolute atomic E-state index is 13.5. The molecule has 5 heteroatoms. The number of hydrogen-bond donors (Lipinski definition) is 0. The minimum absolute atomic E-state index is 0.232. The summed E-state index contributed by atoms with van der Waals surface area (Å²) in [6, 6.07) is 4.56. The second kappa shape index (κ2) is 4.17. The predicted octanol–water partition coefficient (Wildman–Crippen LogP) is 2.92. The number of carbonyl (C=O) groups is 1. The average Bonchev–Trinajstić information content (AvgIpc) is 2.27. The van der Waals surface area contributed by atoms with Crippen LogP contribution in [0.3, 0.4) is 0 Å². The largest absolute Gasteiger partial charge is 0.465 e. The molecule has 0 radical (unpaired) electrons. The summed E-state index contributed by atoms with van der Waals surface area (Å²) in [5, 5.41) is 0.551. The zero-order valence-corrected chi connectivity index (χ0v) is 9.92. The Kier molecular flexibility index (Phi) is 2.87. The van der Waals surface area contributed by atoms with Gasteiger partial charge in [0.15, 0.2) is 5.82 Å². The summed E-state index contributed by atoms with van der Waals surface area (Å²) in [6.45, 7) is 0. The highest BCUT2D eigenvalue weighted by atomic mass is 79.9. The molecule has 0 bridgehead atoms. The SMILES string of the molecule is COC(=O)c1cnc2c(F)cc(Br)cc2c1. The van der Waals surface area contributed by atoms with Crippen LogP contribution in [0.25, 0.3) is 10.9 Å². The quantitative estimate of drug-likeness (QED) is 0.756.